The lowest BCUT2D eigenvalue weighted by atomic mass is 9.98. The molecule has 0 atom stereocenters. The lowest BCUT2D eigenvalue weighted by Gasteiger charge is -2.29. The van der Waals surface area contributed by atoms with Crippen molar-refractivity contribution in [3.63, 3.8) is 0 Å². The Kier molecular flexibility index (Phi) is 7.82. The van der Waals surface area contributed by atoms with E-state index in [0.717, 1.165) is 72.5 Å². The normalized spacial score (nSPS) is 11.5. The van der Waals surface area contributed by atoms with Gasteiger partial charge in [-0.25, -0.2) is 0 Å². The summed E-state index contributed by atoms with van der Waals surface area (Å²) < 4.78 is 9.04. The van der Waals surface area contributed by atoms with Crippen molar-refractivity contribution in [1.29, 1.82) is 0 Å². The molecule has 0 bridgehead atoms. The Balaban J connectivity index is 1.13. The molecule has 0 saturated carbocycles. The van der Waals surface area contributed by atoms with Gasteiger partial charge >= 0.3 is 0 Å². The lowest BCUT2D eigenvalue weighted by Crippen LogP contribution is -2.11. The molecular formula is C54H36N2O. The first-order valence-corrected chi connectivity index (χ1v) is 19.4. The molecule has 0 fully saturated rings. The van der Waals surface area contributed by atoms with E-state index in [2.05, 4.69) is 222 Å². The number of para-hydroxylation sites is 6. The van der Waals surface area contributed by atoms with Gasteiger partial charge < -0.3 is 13.9 Å². The van der Waals surface area contributed by atoms with Crippen LogP contribution in [0.1, 0.15) is 0 Å². The SMILES string of the molecule is c1ccc(-c2cccc(N(c3cccc(-c4ccccc4-n4c5ccccc5c5ccccc54)c3)c3ccccc3-c3cccc4c3oc3ccccc34)c2)cc1. The van der Waals surface area contributed by atoms with Gasteiger partial charge in [-0.15, -0.1) is 0 Å². The van der Waals surface area contributed by atoms with Crippen LogP contribution in [0.3, 0.4) is 0 Å². The predicted molar refractivity (Wildman–Crippen MR) is 239 cm³/mol. The summed E-state index contributed by atoms with van der Waals surface area (Å²) in [6.45, 7) is 0. The highest BCUT2D eigenvalue weighted by atomic mass is 16.3. The summed E-state index contributed by atoms with van der Waals surface area (Å²) >= 11 is 0. The van der Waals surface area contributed by atoms with Crippen molar-refractivity contribution in [2.75, 3.05) is 4.90 Å². The van der Waals surface area contributed by atoms with Crippen molar-refractivity contribution in [3.05, 3.63) is 218 Å². The standard InChI is InChI=1S/C54H36N2O/c1-2-17-37(18-3-1)38-19-14-21-40(35-38)55(50-31-10-7-26-45(50)47-28-16-29-48-46-27-8-13-34-53(46)57-54(47)48)41-22-15-20-39(36-41)42-23-4-9-30-49(42)56-51-32-11-5-24-43(51)44-25-6-12-33-52(44)56/h1-36H. The highest BCUT2D eigenvalue weighted by Crippen LogP contribution is 2.46. The fraction of sp³-hybridized carbons (Fsp3) is 0. The second kappa shape index (κ2) is 13.6. The second-order valence-electron chi connectivity index (χ2n) is 14.5. The number of furan rings is 1. The van der Waals surface area contributed by atoms with Crippen LogP contribution in [0.5, 0.6) is 0 Å². The van der Waals surface area contributed by atoms with Crippen molar-refractivity contribution in [3.8, 4) is 39.1 Å². The Morgan fingerprint density at radius 1 is 0.351 bits per heavy atom. The van der Waals surface area contributed by atoms with Gasteiger partial charge in [0.2, 0.25) is 0 Å². The van der Waals surface area contributed by atoms with Crippen molar-refractivity contribution < 1.29 is 4.42 Å². The van der Waals surface area contributed by atoms with Crippen molar-refractivity contribution in [2.45, 2.75) is 0 Å². The number of nitrogens with zero attached hydrogens (tertiary/aromatic N) is 2. The first-order chi connectivity index (χ1) is 28.3. The minimum Gasteiger partial charge on any atom is -0.455 e. The van der Waals surface area contributed by atoms with Gasteiger partial charge in [0.25, 0.3) is 0 Å². The molecule has 3 heteroatoms. The largest absolute Gasteiger partial charge is 0.455 e. The highest BCUT2D eigenvalue weighted by Gasteiger charge is 2.22. The third-order valence-electron chi connectivity index (χ3n) is 11.2. The minimum atomic E-state index is 0.887. The fourth-order valence-corrected chi connectivity index (χ4v) is 8.65. The Morgan fingerprint density at radius 3 is 1.65 bits per heavy atom. The molecule has 268 valence electrons. The van der Waals surface area contributed by atoms with E-state index in [1.807, 2.05) is 6.07 Å². The summed E-state index contributed by atoms with van der Waals surface area (Å²) in [5, 5.41) is 4.72. The maximum Gasteiger partial charge on any atom is 0.143 e. The van der Waals surface area contributed by atoms with Crippen LogP contribution < -0.4 is 4.90 Å². The molecule has 0 aliphatic heterocycles. The number of hydrogen-bond donors (Lipinski definition) is 0. The zero-order valence-corrected chi connectivity index (χ0v) is 31.1. The van der Waals surface area contributed by atoms with E-state index in [-0.39, 0.29) is 0 Å². The molecular weight excluding hydrogens is 693 g/mol. The van der Waals surface area contributed by atoms with Crippen LogP contribution in [0.2, 0.25) is 0 Å². The van der Waals surface area contributed by atoms with E-state index >= 15 is 0 Å². The molecule has 0 saturated heterocycles. The summed E-state index contributed by atoms with van der Waals surface area (Å²) in [7, 11) is 0. The molecule has 2 aromatic heterocycles. The Morgan fingerprint density at radius 2 is 0.877 bits per heavy atom. The molecule has 0 aliphatic rings. The molecule has 3 nitrogen and oxygen atoms in total. The number of benzene rings is 9. The fourth-order valence-electron chi connectivity index (χ4n) is 8.65. The monoisotopic (exact) mass is 728 g/mol. The van der Waals surface area contributed by atoms with Crippen LogP contribution in [-0.2, 0) is 0 Å². The molecule has 2 heterocycles. The summed E-state index contributed by atoms with van der Waals surface area (Å²) in [6.07, 6.45) is 0. The van der Waals surface area contributed by atoms with Gasteiger partial charge in [-0.1, -0.05) is 164 Å². The highest BCUT2D eigenvalue weighted by molar-refractivity contribution is 6.11. The second-order valence-corrected chi connectivity index (χ2v) is 14.5. The van der Waals surface area contributed by atoms with Crippen LogP contribution in [-0.4, -0.2) is 4.57 Å². The Bertz CT molecular complexity index is 3210. The number of aromatic nitrogens is 1. The summed E-state index contributed by atoms with van der Waals surface area (Å²) in [6, 6.07) is 78.1. The van der Waals surface area contributed by atoms with Crippen molar-refractivity contribution in [1.82, 2.24) is 4.57 Å². The average Bonchev–Trinajstić information content (AvgIpc) is 3.83. The summed E-state index contributed by atoms with van der Waals surface area (Å²) in [5.41, 5.74) is 15.2. The van der Waals surface area contributed by atoms with E-state index in [1.54, 1.807) is 0 Å². The van der Waals surface area contributed by atoms with E-state index in [9.17, 15) is 0 Å². The maximum absolute atomic E-state index is 6.63. The van der Waals surface area contributed by atoms with Crippen molar-refractivity contribution in [2.24, 2.45) is 0 Å². The van der Waals surface area contributed by atoms with Gasteiger partial charge in [0.1, 0.15) is 11.2 Å². The topological polar surface area (TPSA) is 21.3 Å². The zero-order valence-electron chi connectivity index (χ0n) is 31.1. The van der Waals surface area contributed by atoms with E-state index in [0.29, 0.717) is 0 Å². The molecule has 0 spiro atoms. The molecule has 0 unspecified atom stereocenters. The number of fused-ring (bicyclic) bond motifs is 6. The molecule has 0 N–H and O–H groups in total. The number of hydrogen-bond acceptors (Lipinski definition) is 2. The van der Waals surface area contributed by atoms with Gasteiger partial charge in [0, 0.05) is 49.6 Å². The maximum atomic E-state index is 6.63. The molecule has 0 amide bonds. The third kappa shape index (κ3) is 5.51. The first-order valence-electron chi connectivity index (χ1n) is 19.4. The number of anilines is 3. The number of rotatable bonds is 7. The molecule has 0 radical (unpaired) electrons. The van der Waals surface area contributed by atoms with Gasteiger partial charge in [-0.3, -0.25) is 0 Å². The van der Waals surface area contributed by atoms with E-state index < -0.39 is 0 Å². The zero-order chi connectivity index (χ0) is 37.7. The molecule has 57 heavy (non-hydrogen) atoms. The van der Waals surface area contributed by atoms with Crippen LogP contribution in [0, 0.1) is 0 Å². The molecule has 9 aromatic carbocycles. The van der Waals surface area contributed by atoms with Gasteiger partial charge in [0.05, 0.1) is 22.4 Å². The summed E-state index contributed by atoms with van der Waals surface area (Å²) in [4.78, 5) is 2.40. The smallest absolute Gasteiger partial charge is 0.143 e. The first kappa shape index (κ1) is 32.8. The molecule has 11 rings (SSSR count). The van der Waals surface area contributed by atoms with Gasteiger partial charge in [0.15, 0.2) is 0 Å². The average molecular weight is 729 g/mol. The third-order valence-corrected chi connectivity index (χ3v) is 11.2. The molecule has 0 aliphatic carbocycles. The van der Waals surface area contributed by atoms with Crippen LogP contribution >= 0.6 is 0 Å². The van der Waals surface area contributed by atoms with E-state index in [4.69, 9.17) is 4.42 Å². The minimum absolute atomic E-state index is 0.887. The van der Waals surface area contributed by atoms with Gasteiger partial charge in [-0.05, 0) is 71.3 Å². The van der Waals surface area contributed by atoms with Gasteiger partial charge in [-0.2, -0.15) is 0 Å². The van der Waals surface area contributed by atoms with Crippen molar-refractivity contribution >= 4 is 60.8 Å². The Hall–Kier alpha value is -7.62. The van der Waals surface area contributed by atoms with Crippen LogP contribution in [0.25, 0.3) is 82.8 Å². The van der Waals surface area contributed by atoms with E-state index in [1.165, 1.54) is 27.4 Å². The Labute approximate surface area is 330 Å². The lowest BCUT2D eigenvalue weighted by molar-refractivity contribution is 0.670. The quantitative estimate of drug-likeness (QED) is 0.163. The predicted octanol–water partition coefficient (Wildman–Crippen LogP) is 15.2. The van der Waals surface area contributed by atoms with Crippen LogP contribution in [0.15, 0.2) is 223 Å². The van der Waals surface area contributed by atoms with Crippen LogP contribution in [0.4, 0.5) is 17.1 Å². The summed E-state index contributed by atoms with van der Waals surface area (Å²) in [5.74, 6) is 0. The molecule has 11 aromatic rings.